The van der Waals surface area contributed by atoms with Crippen LogP contribution in [0, 0.1) is 6.92 Å². The van der Waals surface area contributed by atoms with Gasteiger partial charge in [-0.25, -0.2) is 0 Å². The Morgan fingerprint density at radius 1 is 1.06 bits per heavy atom. The molecule has 1 fully saturated rings. The quantitative estimate of drug-likeness (QED) is 0.726. The highest BCUT2D eigenvalue weighted by Gasteiger charge is 2.02. The van der Waals surface area contributed by atoms with E-state index in [1.165, 1.54) is 12.6 Å². The summed E-state index contributed by atoms with van der Waals surface area (Å²) in [6.45, 7) is 6.10. The van der Waals surface area contributed by atoms with E-state index in [4.69, 9.17) is 4.74 Å². The van der Waals surface area contributed by atoms with Gasteiger partial charge in [0, 0.05) is 13.1 Å². The lowest BCUT2D eigenvalue weighted by molar-refractivity contribution is 0.0503. The Morgan fingerprint density at radius 2 is 1.56 bits per heavy atom. The molecule has 0 unspecified atom stereocenters. The largest absolute Gasteiger partial charge is 0.379 e. The highest BCUT2D eigenvalue weighted by Crippen LogP contribution is 1.92. The maximum Gasteiger partial charge on any atom is 0.0594 e. The first-order valence-electron chi connectivity index (χ1n) is 5.65. The molecule has 1 aliphatic rings. The van der Waals surface area contributed by atoms with E-state index in [0.29, 0.717) is 0 Å². The van der Waals surface area contributed by atoms with Crippen LogP contribution >= 0.6 is 0 Å². The number of aryl methyl sites for hydroxylation is 1. The van der Waals surface area contributed by atoms with Crippen LogP contribution in [-0.4, -0.2) is 45.3 Å². The second-order valence-electron chi connectivity index (χ2n) is 3.57. The van der Waals surface area contributed by atoms with Crippen molar-refractivity contribution in [3.05, 3.63) is 35.9 Å². The van der Waals surface area contributed by atoms with Crippen molar-refractivity contribution >= 4 is 0 Å². The Morgan fingerprint density at radius 3 is 1.81 bits per heavy atom. The van der Waals surface area contributed by atoms with Crippen LogP contribution in [0.15, 0.2) is 30.3 Å². The molecular weight excluding hydrogens is 200 g/mol. The fourth-order valence-corrected chi connectivity index (χ4v) is 1.19. The minimum atomic E-state index is 0.913. The van der Waals surface area contributed by atoms with Crippen LogP contribution < -0.4 is 5.73 Å². The molecule has 1 heterocycles. The van der Waals surface area contributed by atoms with Crippen molar-refractivity contribution in [1.82, 2.24) is 4.90 Å². The van der Waals surface area contributed by atoms with Crippen molar-refractivity contribution in [3.8, 4) is 0 Å². The highest BCUT2D eigenvalue weighted by atomic mass is 16.5. The summed E-state index contributed by atoms with van der Waals surface area (Å²) in [6.07, 6.45) is 0. The van der Waals surface area contributed by atoms with Gasteiger partial charge >= 0.3 is 0 Å². The van der Waals surface area contributed by atoms with Crippen molar-refractivity contribution in [1.29, 1.82) is 0 Å². The van der Waals surface area contributed by atoms with E-state index in [2.05, 4.69) is 36.7 Å². The Labute approximate surface area is 99.2 Å². The Balaban J connectivity index is 0.000000244. The number of likely N-dealkylation sites (N-methyl/N-ethyl adjacent to an activating group) is 1. The lowest BCUT2D eigenvalue weighted by Crippen LogP contribution is -2.32. The SMILES string of the molecule is CN.CN1CCOCC1.Cc1ccccc1. The third kappa shape index (κ3) is 8.41. The van der Waals surface area contributed by atoms with Gasteiger partial charge in [-0.3, -0.25) is 0 Å². The molecule has 92 valence electrons. The summed E-state index contributed by atoms with van der Waals surface area (Å²) in [6, 6.07) is 10.3. The van der Waals surface area contributed by atoms with E-state index in [1.54, 1.807) is 0 Å². The lowest BCUT2D eigenvalue weighted by Gasteiger charge is -2.21. The number of hydrogen-bond acceptors (Lipinski definition) is 3. The van der Waals surface area contributed by atoms with Gasteiger partial charge in [-0.2, -0.15) is 0 Å². The average Bonchev–Trinajstić information content (AvgIpc) is 2.34. The van der Waals surface area contributed by atoms with E-state index >= 15 is 0 Å². The molecule has 0 amide bonds. The van der Waals surface area contributed by atoms with Crippen LogP contribution in [0.5, 0.6) is 0 Å². The average molecular weight is 224 g/mol. The summed E-state index contributed by atoms with van der Waals surface area (Å²) in [5, 5.41) is 0. The maximum atomic E-state index is 5.10. The number of hydrogen-bond donors (Lipinski definition) is 1. The molecule has 3 nitrogen and oxygen atoms in total. The fourth-order valence-electron chi connectivity index (χ4n) is 1.19. The van der Waals surface area contributed by atoms with Crippen LogP contribution in [-0.2, 0) is 4.74 Å². The predicted molar refractivity (Wildman–Crippen MR) is 69.6 cm³/mol. The van der Waals surface area contributed by atoms with E-state index in [0.717, 1.165) is 26.3 Å². The second-order valence-corrected chi connectivity index (χ2v) is 3.57. The summed E-state index contributed by atoms with van der Waals surface area (Å²) in [7, 11) is 3.61. The van der Waals surface area contributed by atoms with Gasteiger partial charge in [-0.05, 0) is 21.0 Å². The zero-order valence-corrected chi connectivity index (χ0v) is 10.6. The van der Waals surface area contributed by atoms with Gasteiger partial charge < -0.3 is 15.4 Å². The smallest absolute Gasteiger partial charge is 0.0594 e. The van der Waals surface area contributed by atoms with Gasteiger partial charge in [-0.15, -0.1) is 0 Å². The van der Waals surface area contributed by atoms with Crippen molar-refractivity contribution in [3.63, 3.8) is 0 Å². The van der Waals surface area contributed by atoms with Crippen LogP contribution in [0.3, 0.4) is 0 Å². The molecule has 1 aromatic rings. The van der Waals surface area contributed by atoms with E-state index in [1.807, 2.05) is 18.2 Å². The van der Waals surface area contributed by atoms with Gasteiger partial charge in [0.25, 0.3) is 0 Å². The van der Waals surface area contributed by atoms with Crippen molar-refractivity contribution < 1.29 is 4.74 Å². The molecule has 0 aliphatic carbocycles. The number of morpholine rings is 1. The van der Waals surface area contributed by atoms with Gasteiger partial charge in [0.15, 0.2) is 0 Å². The van der Waals surface area contributed by atoms with Crippen LogP contribution in [0.1, 0.15) is 5.56 Å². The van der Waals surface area contributed by atoms with Crippen molar-refractivity contribution in [2.75, 3.05) is 40.4 Å². The fraction of sp³-hybridized carbons (Fsp3) is 0.538. The van der Waals surface area contributed by atoms with Crippen LogP contribution in [0.25, 0.3) is 0 Å². The molecule has 0 atom stereocenters. The molecule has 1 aliphatic heterocycles. The van der Waals surface area contributed by atoms with Gasteiger partial charge in [-0.1, -0.05) is 35.9 Å². The number of ether oxygens (including phenoxy) is 1. The molecule has 0 radical (unpaired) electrons. The minimum Gasteiger partial charge on any atom is -0.379 e. The first-order valence-corrected chi connectivity index (χ1v) is 5.65. The van der Waals surface area contributed by atoms with Crippen LogP contribution in [0.4, 0.5) is 0 Å². The second kappa shape index (κ2) is 10.6. The number of nitrogens with zero attached hydrogens (tertiary/aromatic N) is 1. The summed E-state index contributed by atoms with van der Waals surface area (Å²) < 4.78 is 5.10. The first kappa shape index (κ1) is 15.1. The standard InChI is InChI=1S/C7H8.C5H11NO.CH5N/c1-7-5-3-2-4-6-7;1-6-2-4-7-5-3-6;1-2/h2-6H,1H3;2-5H2,1H3;2H2,1H3. The molecule has 0 aromatic heterocycles. The minimum absolute atomic E-state index is 0.913. The summed E-state index contributed by atoms with van der Waals surface area (Å²) in [5.41, 5.74) is 5.82. The zero-order valence-electron chi connectivity index (χ0n) is 10.6. The number of benzene rings is 1. The molecule has 2 rings (SSSR count). The summed E-state index contributed by atoms with van der Waals surface area (Å²) in [5.74, 6) is 0. The van der Waals surface area contributed by atoms with Gasteiger partial charge in [0.05, 0.1) is 13.2 Å². The topological polar surface area (TPSA) is 38.5 Å². The molecule has 2 N–H and O–H groups in total. The van der Waals surface area contributed by atoms with E-state index in [9.17, 15) is 0 Å². The maximum absolute atomic E-state index is 5.10. The van der Waals surface area contributed by atoms with E-state index < -0.39 is 0 Å². The van der Waals surface area contributed by atoms with Crippen molar-refractivity contribution in [2.45, 2.75) is 6.92 Å². The third-order valence-corrected chi connectivity index (χ3v) is 2.18. The summed E-state index contributed by atoms with van der Waals surface area (Å²) >= 11 is 0. The van der Waals surface area contributed by atoms with Crippen molar-refractivity contribution in [2.24, 2.45) is 5.73 Å². The first-order chi connectivity index (χ1) is 7.79. The van der Waals surface area contributed by atoms with Gasteiger partial charge in [0.2, 0.25) is 0 Å². The van der Waals surface area contributed by atoms with Gasteiger partial charge in [0.1, 0.15) is 0 Å². The number of rotatable bonds is 0. The third-order valence-electron chi connectivity index (χ3n) is 2.18. The lowest BCUT2D eigenvalue weighted by atomic mass is 10.2. The Bertz CT molecular complexity index is 233. The Kier molecular flexibility index (Phi) is 10.0. The molecule has 3 heteroatoms. The molecule has 0 saturated carbocycles. The molecule has 1 saturated heterocycles. The van der Waals surface area contributed by atoms with E-state index in [-0.39, 0.29) is 0 Å². The molecule has 16 heavy (non-hydrogen) atoms. The molecule has 0 bridgehead atoms. The highest BCUT2D eigenvalue weighted by molar-refractivity contribution is 5.11. The number of nitrogens with two attached hydrogens (primary N) is 1. The van der Waals surface area contributed by atoms with Crippen LogP contribution in [0.2, 0.25) is 0 Å². The summed E-state index contributed by atoms with van der Waals surface area (Å²) in [4.78, 5) is 2.27. The monoisotopic (exact) mass is 224 g/mol. The molecule has 0 spiro atoms. The molecule has 1 aromatic carbocycles. The zero-order chi connectivity index (χ0) is 12.2. The normalized spacial score (nSPS) is 15.2. The predicted octanol–water partition coefficient (Wildman–Crippen LogP) is 1.52. The molecular formula is C13H24N2O. The Hall–Kier alpha value is -0.900.